The molecule has 1 aliphatic heterocycles. The molecule has 1 aliphatic rings. The van der Waals surface area contributed by atoms with Crippen molar-refractivity contribution in [3.05, 3.63) is 25.3 Å². The summed E-state index contributed by atoms with van der Waals surface area (Å²) in [5.41, 5.74) is 0.351. The van der Waals surface area contributed by atoms with Gasteiger partial charge in [-0.05, 0) is 19.1 Å². The Morgan fingerprint density at radius 1 is 1.60 bits per heavy atom. The Kier molecular flexibility index (Phi) is 1.72. The Morgan fingerprint density at radius 2 is 2.20 bits per heavy atom. The Hall–Kier alpha value is -0.890. The highest BCUT2D eigenvalue weighted by atomic mass is 16.5. The van der Waals surface area contributed by atoms with Crippen molar-refractivity contribution in [3.63, 3.8) is 0 Å². The minimum atomic E-state index is -0.635. The highest BCUT2D eigenvalue weighted by molar-refractivity contribution is 5.85. The molecule has 0 bridgehead atoms. The van der Waals surface area contributed by atoms with Gasteiger partial charge in [0.25, 0.3) is 0 Å². The van der Waals surface area contributed by atoms with Crippen LogP contribution in [0.25, 0.3) is 0 Å². The Bertz CT molecular complexity index is 185. The van der Waals surface area contributed by atoms with Crippen molar-refractivity contribution in [3.8, 4) is 0 Å². The first-order valence-electron chi connectivity index (χ1n) is 3.19. The summed E-state index contributed by atoms with van der Waals surface area (Å²) in [5.74, 6) is 0. The van der Waals surface area contributed by atoms with Crippen molar-refractivity contribution in [2.45, 2.75) is 12.6 Å². The third-order valence-electron chi connectivity index (χ3n) is 1.46. The van der Waals surface area contributed by atoms with Gasteiger partial charge < -0.3 is 4.74 Å². The molecule has 0 unspecified atom stereocenters. The maximum absolute atomic E-state index is 5.31. The molecule has 0 aromatic rings. The fraction of sp³-hybridized carbons (Fsp3) is 0.375. The van der Waals surface area contributed by atoms with Gasteiger partial charge >= 0.3 is 0 Å². The van der Waals surface area contributed by atoms with Gasteiger partial charge in [-0.2, -0.15) is 0 Å². The zero-order valence-corrected chi connectivity index (χ0v) is 6.13. The molecule has 0 aliphatic carbocycles. The molecule has 0 aromatic heterocycles. The van der Waals surface area contributed by atoms with E-state index in [0.29, 0.717) is 6.61 Å². The first kappa shape index (κ1) is 7.22. The van der Waals surface area contributed by atoms with Crippen LogP contribution in [0.3, 0.4) is 0 Å². The maximum Gasteiger partial charge on any atom is 0.197 e. The van der Waals surface area contributed by atoms with E-state index in [1.165, 1.54) is 0 Å². The van der Waals surface area contributed by atoms with Gasteiger partial charge in [-0.3, -0.25) is 0 Å². The number of ether oxygens (including phenoxy) is 1. The number of rotatable bonds is 2. The van der Waals surface area contributed by atoms with E-state index in [2.05, 4.69) is 18.2 Å². The van der Waals surface area contributed by atoms with Gasteiger partial charge in [0, 0.05) is 5.71 Å². The van der Waals surface area contributed by atoms with Crippen LogP contribution in [0, 0.1) is 0 Å². The second kappa shape index (κ2) is 2.39. The van der Waals surface area contributed by atoms with Crippen LogP contribution in [0.4, 0.5) is 0 Å². The van der Waals surface area contributed by atoms with Gasteiger partial charge in [-0.15, -0.1) is 0 Å². The van der Waals surface area contributed by atoms with Crippen molar-refractivity contribution >= 4 is 5.71 Å². The molecule has 1 heterocycles. The van der Waals surface area contributed by atoms with E-state index < -0.39 is 5.72 Å². The number of aliphatic imine (C=N–C) groups is 1. The Balaban J connectivity index is 2.87. The molecule has 0 atom stereocenters. The molecule has 0 amide bonds. The standard InChI is InChI=1S/C8H11NO/c1-4-8(5-2)9-7(3)6-10-8/h4-5H,1-2,6H2,3H3. The summed E-state index contributed by atoms with van der Waals surface area (Å²) in [7, 11) is 0. The van der Waals surface area contributed by atoms with Gasteiger partial charge in [0.2, 0.25) is 0 Å². The smallest absolute Gasteiger partial charge is 0.197 e. The van der Waals surface area contributed by atoms with Gasteiger partial charge in [0.05, 0.1) is 6.61 Å². The molecule has 0 radical (unpaired) electrons. The molecule has 1 rings (SSSR count). The molecule has 0 aromatic carbocycles. The average molecular weight is 137 g/mol. The fourth-order valence-corrected chi connectivity index (χ4v) is 0.875. The molecule has 0 saturated heterocycles. The van der Waals surface area contributed by atoms with E-state index in [1.807, 2.05) is 6.92 Å². The second-order valence-electron chi connectivity index (χ2n) is 2.30. The van der Waals surface area contributed by atoms with Crippen molar-refractivity contribution in [1.29, 1.82) is 0 Å². The number of hydrogen-bond donors (Lipinski definition) is 0. The second-order valence-corrected chi connectivity index (χ2v) is 2.30. The zero-order valence-electron chi connectivity index (χ0n) is 6.13. The molecular formula is C8H11NO. The summed E-state index contributed by atoms with van der Waals surface area (Å²) < 4.78 is 5.31. The lowest BCUT2D eigenvalue weighted by Gasteiger charge is -2.14. The molecular weight excluding hydrogens is 126 g/mol. The fourth-order valence-electron chi connectivity index (χ4n) is 0.875. The van der Waals surface area contributed by atoms with Gasteiger partial charge in [0.1, 0.15) is 0 Å². The van der Waals surface area contributed by atoms with Crippen LogP contribution in [0.1, 0.15) is 6.92 Å². The van der Waals surface area contributed by atoms with Crippen LogP contribution in [0.2, 0.25) is 0 Å². The molecule has 0 spiro atoms. The van der Waals surface area contributed by atoms with Gasteiger partial charge in [-0.1, -0.05) is 13.2 Å². The molecule has 10 heavy (non-hydrogen) atoms. The van der Waals surface area contributed by atoms with E-state index in [9.17, 15) is 0 Å². The number of hydrogen-bond acceptors (Lipinski definition) is 2. The van der Waals surface area contributed by atoms with Crippen LogP contribution in [0.5, 0.6) is 0 Å². The summed E-state index contributed by atoms with van der Waals surface area (Å²) in [6.45, 7) is 9.74. The predicted octanol–water partition coefficient (Wildman–Crippen LogP) is 1.55. The topological polar surface area (TPSA) is 21.6 Å². The lowest BCUT2D eigenvalue weighted by Crippen LogP contribution is -2.19. The highest BCUT2D eigenvalue weighted by Crippen LogP contribution is 2.21. The minimum Gasteiger partial charge on any atom is -0.341 e. The van der Waals surface area contributed by atoms with E-state index in [-0.39, 0.29) is 0 Å². The first-order chi connectivity index (χ1) is 4.72. The van der Waals surface area contributed by atoms with E-state index in [4.69, 9.17) is 4.74 Å². The summed E-state index contributed by atoms with van der Waals surface area (Å²) in [4.78, 5) is 4.22. The maximum atomic E-state index is 5.31. The molecule has 54 valence electrons. The predicted molar refractivity (Wildman–Crippen MR) is 42.2 cm³/mol. The Morgan fingerprint density at radius 3 is 2.40 bits per heavy atom. The van der Waals surface area contributed by atoms with E-state index in [1.54, 1.807) is 12.2 Å². The largest absolute Gasteiger partial charge is 0.341 e. The van der Waals surface area contributed by atoms with Gasteiger partial charge in [-0.25, -0.2) is 4.99 Å². The van der Waals surface area contributed by atoms with Crippen LogP contribution in [-0.2, 0) is 4.74 Å². The lowest BCUT2D eigenvalue weighted by molar-refractivity contribution is 0.0828. The summed E-state index contributed by atoms with van der Waals surface area (Å²) >= 11 is 0. The summed E-state index contributed by atoms with van der Waals surface area (Å²) in [6, 6.07) is 0. The van der Waals surface area contributed by atoms with Crippen LogP contribution < -0.4 is 0 Å². The van der Waals surface area contributed by atoms with E-state index >= 15 is 0 Å². The van der Waals surface area contributed by atoms with Crippen molar-refractivity contribution in [1.82, 2.24) is 0 Å². The average Bonchev–Trinajstić information content (AvgIpc) is 2.33. The van der Waals surface area contributed by atoms with Crippen LogP contribution in [0.15, 0.2) is 30.3 Å². The SMILES string of the molecule is C=CC1(C=C)N=C(C)CO1. The van der Waals surface area contributed by atoms with Crippen LogP contribution in [-0.4, -0.2) is 18.0 Å². The third kappa shape index (κ3) is 1.02. The Labute approximate surface area is 60.9 Å². The van der Waals surface area contributed by atoms with Crippen molar-refractivity contribution in [2.75, 3.05) is 6.61 Å². The van der Waals surface area contributed by atoms with Crippen molar-refractivity contribution < 1.29 is 4.74 Å². The normalized spacial score (nSPS) is 21.9. The third-order valence-corrected chi connectivity index (χ3v) is 1.46. The minimum absolute atomic E-state index is 0.581. The summed E-state index contributed by atoms with van der Waals surface area (Å²) in [6.07, 6.45) is 3.30. The lowest BCUT2D eigenvalue weighted by atomic mass is 10.2. The quantitative estimate of drug-likeness (QED) is 0.529. The van der Waals surface area contributed by atoms with Gasteiger partial charge in [0.15, 0.2) is 5.72 Å². The summed E-state index contributed by atoms with van der Waals surface area (Å²) in [5, 5.41) is 0. The molecule has 0 saturated carbocycles. The van der Waals surface area contributed by atoms with Crippen LogP contribution >= 0.6 is 0 Å². The van der Waals surface area contributed by atoms with Crippen molar-refractivity contribution in [2.24, 2.45) is 4.99 Å². The molecule has 2 heteroatoms. The molecule has 2 nitrogen and oxygen atoms in total. The molecule has 0 fully saturated rings. The number of nitrogens with zero attached hydrogens (tertiary/aromatic N) is 1. The first-order valence-corrected chi connectivity index (χ1v) is 3.19. The zero-order chi connectivity index (χ0) is 7.61. The van der Waals surface area contributed by atoms with E-state index in [0.717, 1.165) is 5.71 Å². The monoisotopic (exact) mass is 137 g/mol. The molecule has 0 N–H and O–H groups in total. The highest BCUT2D eigenvalue weighted by Gasteiger charge is 2.27.